The normalized spacial score (nSPS) is 22.8. The summed E-state index contributed by atoms with van der Waals surface area (Å²) in [5.41, 5.74) is 6.25. The van der Waals surface area contributed by atoms with E-state index in [2.05, 4.69) is 4.98 Å². The van der Waals surface area contributed by atoms with Crippen molar-refractivity contribution in [1.29, 1.82) is 0 Å². The molecule has 1 fully saturated rings. The van der Waals surface area contributed by atoms with Crippen molar-refractivity contribution in [2.24, 2.45) is 5.73 Å². The molecule has 1 aromatic heterocycles. The fourth-order valence-electron chi connectivity index (χ4n) is 3.02. The van der Waals surface area contributed by atoms with Crippen LogP contribution in [0.2, 0.25) is 0 Å². The van der Waals surface area contributed by atoms with E-state index in [0.29, 0.717) is 5.88 Å². The number of methoxy groups -OCH3 is 1. The van der Waals surface area contributed by atoms with Crippen LogP contribution < -0.4 is 15.2 Å². The summed E-state index contributed by atoms with van der Waals surface area (Å²) in [6.07, 6.45) is 7.45. The first-order valence-electron chi connectivity index (χ1n) is 7.63. The number of ether oxygens (including phenoxy) is 2. The number of benzene rings is 1. The van der Waals surface area contributed by atoms with Gasteiger partial charge in [0.15, 0.2) is 0 Å². The summed E-state index contributed by atoms with van der Waals surface area (Å²) in [6.45, 7) is 0. The van der Waals surface area contributed by atoms with Crippen LogP contribution in [0.1, 0.15) is 32.1 Å². The van der Waals surface area contributed by atoms with Crippen molar-refractivity contribution >= 4 is 10.8 Å². The molecule has 0 aliphatic heterocycles. The molecule has 1 aromatic carbocycles. The lowest BCUT2D eigenvalue weighted by molar-refractivity contribution is 0.158. The second-order valence-corrected chi connectivity index (χ2v) is 5.63. The van der Waals surface area contributed by atoms with Gasteiger partial charge in [0.05, 0.1) is 7.11 Å². The molecular weight excluding hydrogens is 264 g/mol. The summed E-state index contributed by atoms with van der Waals surface area (Å²) in [6, 6.07) is 7.97. The average Bonchev–Trinajstić information content (AvgIpc) is 2.72. The Labute approximate surface area is 125 Å². The fourth-order valence-corrected chi connectivity index (χ4v) is 3.02. The van der Waals surface area contributed by atoms with Gasteiger partial charge in [-0.1, -0.05) is 18.9 Å². The van der Waals surface area contributed by atoms with Gasteiger partial charge in [-0.05, 0) is 37.5 Å². The van der Waals surface area contributed by atoms with Crippen LogP contribution in [0.3, 0.4) is 0 Å². The quantitative estimate of drug-likeness (QED) is 0.880. The molecule has 2 unspecified atom stereocenters. The van der Waals surface area contributed by atoms with Crippen LogP contribution in [0.15, 0.2) is 30.5 Å². The van der Waals surface area contributed by atoms with Gasteiger partial charge >= 0.3 is 0 Å². The molecule has 0 amide bonds. The van der Waals surface area contributed by atoms with Crippen molar-refractivity contribution in [1.82, 2.24) is 4.98 Å². The standard InChI is InChI=1S/C17H22N2O2/c1-20-15-9-5-6-13-12(15)10-11-19-17(13)21-16-8-4-2-3-7-14(16)18/h5-6,9-11,14,16H,2-4,7-8,18H2,1H3. The molecule has 3 rings (SSSR count). The summed E-state index contributed by atoms with van der Waals surface area (Å²) < 4.78 is 11.6. The zero-order valence-corrected chi connectivity index (χ0v) is 12.4. The second kappa shape index (κ2) is 6.31. The first-order valence-corrected chi connectivity index (χ1v) is 7.63. The number of hydrogen-bond donors (Lipinski definition) is 1. The van der Waals surface area contributed by atoms with Crippen molar-refractivity contribution in [2.45, 2.75) is 44.2 Å². The molecule has 1 aliphatic carbocycles. The third kappa shape index (κ3) is 2.95. The van der Waals surface area contributed by atoms with Crippen LogP contribution in [-0.4, -0.2) is 24.2 Å². The maximum absolute atomic E-state index is 6.25. The lowest BCUT2D eigenvalue weighted by atomic mass is 10.1. The summed E-state index contributed by atoms with van der Waals surface area (Å²) >= 11 is 0. The molecule has 21 heavy (non-hydrogen) atoms. The number of fused-ring (bicyclic) bond motifs is 1. The van der Waals surface area contributed by atoms with Crippen molar-refractivity contribution in [3.63, 3.8) is 0 Å². The second-order valence-electron chi connectivity index (χ2n) is 5.63. The van der Waals surface area contributed by atoms with Crippen molar-refractivity contribution in [3.05, 3.63) is 30.5 Å². The Balaban J connectivity index is 1.93. The number of rotatable bonds is 3. The number of nitrogens with zero attached hydrogens (tertiary/aromatic N) is 1. The predicted octanol–water partition coefficient (Wildman–Crippen LogP) is 3.28. The first kappa shape index (κ1) is 14.1. The van der Waals surface area contributed by atoms with E-state index in [1.54, 1.807) is 13.3 Å². The van der Waals surface area contributed by atoms with Gasteiger partial charge < -0.3 is 15.2 Å². The van der Waals surface area contributed by atoms with E-state index in [4.69, 9.17) is 15.2 Å². The van der Waals surface area contributed by atoms with Gasteiger partial charge in [0.1, 0.15) is 11.9 Å². The Kier molecular flexibility index (Phi) is 4.25. The van der Waals surface area contributed by atoms with Crippen molar-refractivity contribution in [2.75, 3.05) is 7.11 Å². The van der Waals surface area contributed by atoms with E-state index in [0.717, 1.165) is 29.4 Å². The van der Waals surface area contributed by atoms with Crippen LogP contribution in [0.4, 0.5) is 0 Å². The topological polar surface area (TPSA) is 57.4 Å². The van der Waals surface area contributed by atoms with Crippen LogP contribution >= 0.6 is 0 Å². The van der Waals surface area contributed by atoms with Gasteiger partial charge in [-0.15, -0.1) is 0 Å². The number of nitrogens with two attached hydrogens (primary N) is 1. The van der Waals surface area contributed by atoms with Gasteiger partial charge in [-0.25, -0.2) is 4.98 Å². The maximum atomic E-state index is 6.25. The minimum absolute atomic E-state index is 0.0526. The molecule has 0 spiro atoms. The molecule has 1 saturated carbocycles. The number of hydrogen-bond acceptors (Lipinski definition) is 4. The predicted molar refractivity (Wildman–Crippen MR) is 83.8 cm³/mol. The highest BCUT2D eigenvalue weighted by molar-refractivity contribution is 5.91. The first-order chi connectivity index (χ1) is 10.3. The average molecular weight is 286 g/mol. The highest BCUT2D eigenvalue weighted by Gasteiger charge is 2.23. The zero-order chi connectivity index (χ0) is 14.7. The largest absolute Gasteiger partial charge is 0.496 e. The molecule has 1 heterocycles. The Morgan fingerprint density at radius 3 is 2.81 bits per heavy atom. The molecule has 2 aromatic rings. The molecule has 2 atom stereocenters. The molecule has 0 bridgehead atoms. The van der Waals surface area contributed by atoms with Gasteiger partial charge in [-0.2, -0.15) is 0 Å². The monoisotopic (exact) mass is 286 g/mol. The molecule has 0 saturated heterocycles. The Morgan fingerprint density at radius 1 is 1.10 bits per heavy atom. The highest BCUT2D eigenvalue weighted by Crippen LogP contribution is 2.32. The fraction of sp³-hybridized carbons (Fsp3) is 0.471. The van der Waals surface area contributed by atoms with Crippen LogP contribution in [0, 0.1) is 0 Å². The minimum atomic E-state index is 0.0526. The zero-order valence-electron chi connectivity index (χ0n) is 12.4. The SMILES string of the molecule is COc1cccc2c(OC3CCCCCC3N)nccc12. The Bertz CT molecular complexity index is 615. The molecule has 4 heteroatoms. The van der Waals surface area contributed by atoms with E-state index < -0.39 is 0 Å². The summed E-state index contributed by atoms with van der Waals surface area (Å²) in [7, 11) is 1.68. The molecule has 4 nitrogen and oxygen atoms in total. The lowest BCUT2D eigenvalue weighted by Crippen LogP contribution is -2.38. The van der Waals surface area contributed by atoms with Crippen molar-refractivity contribution < 1.29 is 9.47 Å². The van der Waals surface area contributed by atoms with Gasteiger partial charge in [-0.3, -0.25) is 0 Å². The number of pyridine rings is 1. The van der Waals surface area contributed by atoms with Crippen LogP contribution in [0.25, 0.3) is 10.8 Å². The molecule has 112 valence electrons. The summed E-state index contributed by atoms with van der Waals surface area (Å²) in [4.78, 5) is 4.41. The molecule has 2 N–H and O–H groups in total. The van der Waals surface area contributed by atoms with Gasteiger partial charge in [0.25, 0.3) is 0 Å². The van der Waals surface area contributed by atoms with E-state index >= 15 is 0 Å². The third-order valence-electron chi connectivity index (χ3n) is 4.22. The minimum Gasteiger partial charge on any atom is -0.496 e. The van der Waals surface area contributed by atoms with Crippen LogP contribution in [-0.2, 0) is 0 Å². The maximum Gasteiger partial charge on any atom is 0.221 e. The molecule has 0 radical (unpaired) electrons. The van der Waals surface area contributed by atoms with E-state index in [-0.39, 0.29) is 12.1 Å². The summed E-state index contributed by atoms with van der Waals surface area (Å²) in [5.74, 6) is 1.50. The van der Waals surface area contributed by atoms with E-state index in [1.807, 2.05) is 24.3 Å². The van der Waals surface area contributed by atoms with Crippen molar-refractivity contribution in [3.8, 4) is 11.6 Å². The highest BCUT2D eigenvalue weighted by atomic mass is 16.5. The molecular formula is C17H22N2O2. The molecule has 1 aliphatic rings. The smallest absolute Gasteiger partial charge is 0.221 e. The van der Waals surface area contributed by atoms with Gasteiger partial charge in [0, 0.05) is 23.0 Å². The van der Waals surface area contributed by atoms with Gasteiger partial charge in [0.2, 0.25) is 5.88 Å². The third-order valence-corrected chi connectivity index (χ3v) is 4.22. The van der Waals surface area contributed by atoms with Crippen LogP contribution in [0.5, 0.6) is 11.6 Å². The number of aromatic nitrogens is 1. The Morgan fingerprint density at radius 2 is 1.95 bits per heavy atom. The lowest BCUT2D eigenvalue weighted by Gasteiger charge is -2.23. The van der Waals surface area contributed by atoms with E-state index in [1.165, 1.54) is 19.3 Å². The Hall–Kier alpha value is -1.81. The summed E-state index contributed by atoms with van der Waals surface area (Å²) in [5, 5.41) is 2.00. The van der Waals surface area contributed by atoms with E-state index in [9.17, 15) is 0 Å².